The molecule has 4 heteroatoms. The van der Waals surface area contributed by atoms with Crippen LogP contribution in [0.1, 0.15) is 35.3 Å². The number of rotatable bonds is 4. The van der Waals surface area contributed by atoms with E-state index in [0.717, 1.165) is 15.6 Å². The molecular formula is C18H19BrO3. The maximum atomic E-state index is 12.3. The predicted octanol–water partition coefficient (Wildman–Crippen LogP) is 5.07. The topological polar surface area (TPSA) is 35.5 Å². The maximum absolute atomic E-state index is 12.3. The van der Waals surface area contributed by atoms with Crippen LogP contribution in [0.25, 0.3) is 0 Å². The van der Waals surface area contributed by atoms with Gasteiger partial charge in [0.25, 0.3) is 0 Å². The van der Waals surface area contributed by atoms with Crippen LogP contribution in [-0.4, -0.2) is 12.1 Å². The first-order valence-electron chi connectivity index (χ1n) is 7.12. The maximum Gasteiger partial charge on any atom is 0.343 e. The number of aryl methyl sites for hydroxylation is 2. The van der Waals surface area contributed by atoms with E-state index in [4.69, 9.17) is 9.47 Å². The van der Waals surface area contributed by atoms with Crippen molar-refractivity contribution in [2.75, 3.05) is 0 Å². The average molecular weight is 363 g/mol. The first-order valence-corrected chi connectivity index (χ1v) is 7.91. The molecule has 2 aromatic carbocycles. The van der Waals surface area contributed by atoms with Crippen LogP contribution in [0, 0.1) is 13.8 Å². The van der Waals surface area contributed by atoms with Crippen molar-refractivity contribution in [3.8, 4) is 11.5 Å². The van der Waals surface area contributed by atoms with Gasteiger partial charge in [0, 0.05) is 0 Å². The second-order valence-corrected chi connectivity index (χ2v) is 6.32. The lowest BCUT2D eigenvalue weighted by atomic mass is 10.1. The molecule has 0 saturated heterocycles. The van der Waals surface area contributed by atoms with E-state index >= 15 is 0 Å². The number of esters is 1. The largest absolute Gasteiger partial charge is 0.490 e. The smallest absolute Gasteiger partial charge is 0.343 e. The number of ether oxygens (including phenoxy) is 2. The zero-order valence-electron chi connectivity index (χ0n) is 13.1. The van der Waals surface area contributed by atoms with Crippen molar-refractivity contribution in [2.24, 2.45) is 0 Å². The SMILES string of the molecule is Cc1ccc(C)c(OC(=O)c2ccc(OC(C)C)c(Br)c2)c1. The zero-order chi connectivity index (χ0) is 16.3. The molecule has 22 heavy (non-hydrogen) atoms. The summed E-state index contributed by atoms with van der Waals surface area (Å²) in [7, 11) is 0. The van der Waals surface area contributed by atoms with E-state index in [1.165, 1.54) is 0 Å². The quantitative estimate of drug-likeness (QED) is 0.562. The van der Waals surface area contributed by atoms with Crippen LogP contribution < -0.4 is 9.47 Å². The van der Waals surface area contributed by atoms with E-state index < -0.39 is 0 Å². The second-order valence-electron chi connectivity index (χ2n) is 5.47. The molecule has 0 N–H and O–H groups in total. The Labute approximate surface area is 139 Å². The molecule has 0 fully saturated rings. The average Bonchev–Trinajstić information content (AvgIpc) is 2.44. The summed E-state index contributed by atoms with van der Waals surface area (Å²) in [5.74, 6) is 0.910. The van der Waals surface area contributed by atoms with Gasteiger partial charge in [-0.05, 0) is 79.0 Å². The number of hydrogen-bond donors (Lipinski definition) is 0. The molecule has 0 aliphatic rings. The van der Waals surface area contributed by atoms with Gasteiger partial charge in [-0.15, -0.1) is 0 Å². The van der Waals surface area contributed by atoms with Crippen molar-refractivity contribution in [3.05, 3.63) is 57.6 Å². The summed E-state index contributed by atoms with van der Waals surface area (Å²) in [6.45, 7) is 7.78. The highest BCUT2D eigenvalue weighted by atomic mass is 79.9. The number of carbonyl (C=O) groups excluding carboxylic acids is 1. The summed E-state index contributed by atoms with van der Waals surface area (Å²) in [5.41, 5.74) is 2.46. The number of carbonyl (C=O) groups is 1. The lowest BCUT2D eigenvalue weighted by Crippen LogP contribution is -2.10. The van der Waals surface area contributed by atoms with Crippen LogP contribution in [0.4, 0.5) is 0 Å². The lowest BCUT2D eigenvalue weighted by molar-refractivity contribution is 0.0733. The highest BCUT2D eigenvalue weighted by Gasteiger charge is 2.13. The van der Waals surface area contributed by atoms with Gasteiger partial charge >= 0.3 is 5.97 Å². The van der Waals surface area contributed by atoms with Crippen molar-refractivity contribution in [1.82, 2.24) is 0 Å². The number of hydrogen-bond acceptors (Lipinski definition) is 3. The molecule has 2 rings (SSSR count). The Morgan fingerprint density at radius 3 is 2.41 bits per heavy atom. The van der Waals surface area contributed by atoms with Crippen LogP contribution in [0.5, 0.6) is 11.5 Å². The second kappa shape index (κ2) is 6.97. The minimum atomic E-state index is -0.384. The normalized spacial score (nSPS) is 10.6. The van der Waals surface area contributed by atoms with Crippen LogP contribution in [0.15, 0.2) is 40.9 Å². The van der Waals surface area contributed by atoms with Gasteiger partial charge in [0.05, 0.1) is 16.1 Å². The fourth-order valence-corrected chi connectivity index (χ4v) is 2.43. The van der Waals surface area contributed by atoms with Gasteiger partial charge in [-0.1, -0.05) is 12.1 Å². The van der Waals surface area contributed by atoms with Gasteiger partial charge in [0.1, 0.15) is 11.5 Å². The van der Waals surface area contributed by atoms with E-state index in [9.17, 15) is 4.79 Å². The Morgan fingerprint density at radius 1 is 1.05 bits per heavy atom. The van der Waals surface area contributed by atoms with Crippen molar-refractivity contribution >= 4 is 21.9 Å². The molecule has 0 bridgehead atoms. The minimum Gasteiger partial charge on any atom is -0.490 e. The molecule has 0 amide bonds. The summed E-state index contributed by atoms with van der Waals surface area (Å²) < 4.78 is 11.9. The van der Waals surface area contributed by atoms with Crippen LogP contribution in [0.2, 0.25) is 0 Å². The third kappa shape index (κ3) is 4.10. The fourth-order valence-electron chi connectivity index (χ4n) is 1.95. The lowest BCUT2D eigenvalue weighted by Gasteiger charge is -2.13. The molecule has 0 heterocycles. The van der Waals surface area contributed by atoms with E-state index in [0.29, 0.717) is 17.1 Å². The van der Waals surface area contributed by atoms with Crippen molar-refractivity contribution in [2.45, 2.75) is 33.8 Å². The molecule has 0 spiro atoms. The molecular weight excluding hydrogens is 344 g/mol. The van der Waals surface area contributed by atoms with Crippen molar-refractivity contribution in [1.29, 1.82) is 0 Å². The summed E-state index contributed by atoms with van der Waals surface area (Å²) in [4.78, 5) is 12.3. The molecule has 0 unspecified atom stereocenters. The van der Waals surface area contributed by atoms with Gasteiger partial charge in [-0.2, -0.15) is 0 Å². The Bertz CT molecular complexity index is 693. The molecule has 0 atom stereocenters. The molecule has 0 aliphatic heterocycles. The van der Waals surface area contributed by atoms with Gasteiger partial charge in [0.15, 0.2) is 0 Å². The summed E-state index contributed by atoms with van der Waals surface area (Å²) in [6, 6.07) is 11.0. The van der Waals surface area contributed by atoms with Gasteiger partial charge in [-0.25, -0.2) is 4.79 Å². The number of halogens is 1. The first kappa shape index (κ1) is 16.6. The molecule has 116 valence electrons. The predicted molar refractivity (Wildman–Crippen MR) is 90.8 cm³/mol. The molecule has 0 aliphatic carbocycles. The summed E-state index contributed by atoms with van der Waals surface area (Å²) >= 11 is 3.42. The standard InChI is InChI=1S/C18H19BrO3/c1-11(2)21-16-8-7-14(10-15(16)19)18(20)22-17-9-12(3)5-6-13(17)4/h5-11H,1-4H3. The van der Waals surface area contributed by atoms with Crippen LogP contribution in [0.3, 0.4) is 0 Å². The van der Waals surface area contributed by atoms with Crippen LogP contribution >= 0.6 is 15.9 Å². The highest BCUT2D eigenvalue weighted by Crippen LogP contribution is 2.28. The summed E-state index contributed by atoms with van der Waals surface area (Å²) in [5, 5.41) is 0. The highest BCUT2D eigenvalue weighted by molar-refractivity contribution is 9.10. The Balaban J connectivity index is 2.19. The van der Waals surface area contributed by atoms with Crippen molar-refractivity contribution in [3.63, 3.8) is 0 Å². The van der Waals surface area contributed by atoms with E-state index in [2.05, 4.69) is 15.9 Å². The van der Waals surface area contributed by atoms with E-state index in [1.54, 1.807) is 18.2 Å². The van der Waals surface area contributed by atoms with Crippen molar-refractivity contribution < 1.29 is 14.3 Å². The van der Waals surface area contributed by atoms with Crippen LogP contribution in [-0.2, 0) is 0 Å². The van der Waals surface area contributed by atoms with Gasteiger partial charge < -0.3 is 9.47 Å². The van der Waals surface area contributed by atoms with E-state index in [1.807, 2.05) is 45.9 Å². The van der Waals surface area contributed by atoms with Gasteiger partial charge in [0.2, 0.25) is 0 Å². The molecule has 2 aromatic rings. The fraction of sp³-hybridized carbons (Fsp3) is 0.278. The zero-order valence-corrected chi connectivity index (χ0v) is 14.7. The summed E-state index contributed by atoms with van der Waals surface area (Å²) in [6.07, 6.45) is 0.0732. The Kier molecular flexibility index (Phi) is 5.24. The Hall–Kier alpha value is -1.81. The third-order valence-electron chi connectivity index (χ3n) is 3.08. The van der Waals surface area contributed by atoms with E-state index in [-0.39, 0.29) is 12.1 Å². The first-order chi connectivity index (χ1) is 10.4. The number of benzene rings is 2. The molecule has 0 aromatic heterocycles. The van der Waals surface area contributed by atoms with Gasteiger partial charge in [-0.3, -0.25) is 0 Å². The molecule has 0 saturated carbocycles. The minimum absolute atomic E-state index is 0.0732. The third-order valence-corrected chi connectivity index (χ3v) is 3.70. The Morgan fingerprint density at radius 2 is 1.77 bits per heavy atom. The molecule has 3 nitrogen and oxygen atoms in total. The monoisotopic (exact) mass is 362 g/mol. The molecule has 0 radical (unpaired) electrons.